The molecule has 2 aromatic carbocycles. The summed E-state index contributed by atoms with van der Waals surface area (Å²) < 4.78 is 2.23. The largest absolute Gasteiger partial charge is 0.478 e. The van der Waals surface area contributed by atoms with Gasteiger partial charge in [-0.1, -0.05) is 37.6 Å². The number of carbonyl (C=O) groups is 2. The van der Waals surface area contributed by atoms with Gasteiger partial charge in [0, 0.05) is 73.4 Å². The zero-order chi connectivity index (χ0) is 31.8. The van der Waals surface area contributed by atoms with Gasteiger partial charge in [0.2, 0.25) is 0 Å². The van der Waals surface area contributed by atoms with Crippen molar-refractivity contribution in [3.05, 3.63) is 83.8 Å². The molecule has 0 unspecified atom stereocenters. The van der Waals surface area contributed by atoms with Crippen LogP contribution in [-0.2, 0) is 13.0 Å². The highest BCUT2D eigenvalue weighted by atomic mass is 16.4. The van der Waals surface area contributed by atoms with Gasteiger partial charge in [-0.15, -0.1) is 0 Å². The molecular weight excluding hydrogens is 565 g/mol. The van der Waals surface area contributed by atoms with Crippen molar-refractivity contribution in [3.8, 4) is 0 Å². The third-order valence-corrected chi connectivity index (χ3v) is 7.45. The Morgan fingerprint density at radius 2 is 1.44 bits per heavy atom. The third kappa shape index (κ3) is 7.97. The van der Waals surface area contributed by atoms with Crippen molar-refractivity contribution >= 4 is 59.4 Å². The van der Waals surface area contributed by atoms with Gasteiger partial charge in [0.05, 0.1) is 16.8 Å². The maximum Gasteiger partial charge on any atom is 0.337 e. The number of anilines is 3. The van der Waals surface area contributed by atoms with E-state index in [1.165, 1.54) is 0 Å². The zero-order valence-electron chi connectivity index (χ0n) is 26.7. The van der Waals surface area contributed by atoms with Crippen molar-refractivity contribution in [3.63, 3.8) is 0 Å². The molecule has 45 heavy (non-hydrogen) atoms. The number of hydrogen-bond donors (Lipinski definition) is 2. The molecule has 3 aromatic heterocycles. The first-order valence-corrected chi connectivity index (χ1v) is 14.8. The van der Waals surface area contributed by atoms with E-state index >= 15 is 0 Å². The number of ketones is 1. The SMILES string of the molecule is CCc1nc2c(N)nc3cccnc3c2n1CCCCCC(=O)c1ccccc1N(C)C.CN(C)c1ccccc1C(=O)O.[B]. The highest BCUT2D eigenvalue weighted by Crippen LogP contribution is 2.28. The molecule has 0 aliphatic heterocycles. The topological polar surface area (TPSA) is 130 Å². The molecule has 0 aliphatic rings. The average molecular weight is 607 g/mol. The maximum absolute atomic E-state index is 12.7. The molecule has 0 spiro atoms. The van der Waals surface area contributed by atoms with E-state index in [1.54, 1.807) is 29.3 Å². The monoisotopic (exact) mass is 606 g/mol. The van der Waals surface area contributed by atoms with Crippen molar-refractivity contribution < 1.29 is 14.7 Å². The van der Waals surface area contributed by atoms with Crippen molar-refractivity contribution in [1.82, 2.24) is 19.5 Å². The lowest BCUT2D eigenvalue weighted by Crippen LogP contribution is -2.13. The number of hydrogen-bond acceptors (Lipinski definition) is 8. The number of aromatic nitrogens is 4. The number of unbranched alkanes of at least 4 members (excludes halogenated alkanes) is 2. The second-order valence-corrected chi connectivity index (χ2v) is 11.0. The Hall–Kier alpha value is -4.93. The first kappa shape index (κ1) is 34.6. The number of rotatable bonds is 11. The summed E-state index contributed by atoms with van der Waals surface area (Å²) in [5.41, 5.74) is 12.3. The molecule has 0 aliphatic carbocycles. The molecule has 0 saturated heterocycles. The molecule has 3 radical (unpaired) electrons. The molecule has 5 rings (SSSR count). The minimum Gasteiger partial charge on any atom is -0.478 e. The van der Waals surface area contributed by atoms with Crippen LogP contribution >= 0.6 is 0 Å². The smallest absolute Gasteiger partial charge is 0.337 e. The molecule has 0 atom stereocenters. The summed E-state index contributed by atoms with van der Waals surface area (Å²) in [6.07, 6.45) is 5.92. The summed E-state index contributed by atoms with van der Waals surface area (Å²) in [5, 5.41) is 8.79. The van der Waals surface area contributed by atoms with E-state index in [0.29, 0.717) is 17.8 Å². The van der Waals surface area contributed by atoms with Gasteiger partial charge in [-0.25, -0.2) is 14.8 Å². The highest BCUT2D eigenvalue weighted by Gasteiger charge is 2.17. The van der Waals surface area contributed by atoms with Crippen LogP contribution in [0.15, 0.2) is 66.9 Å². The number of Topliss-reactive ketones (excluding diaryl/α,β-unsaturated/α-hetero) is 1. The summed E-state index contributed by atoms with van der Waals surface area (Å²) in [5.74, 6) is 0.742. The molecule has 0 fully saturated rings. The van der Waals surface area contributed by atoms with E-state index < -0.39 is 5.97 Å². The Morgan fingerprint density at radius 3 is 2.04 bits per heavy atom. The number of aryl methyl sites for hydroxylation is 2. The van der Waals surface area contributed by atoms with Crippen molar-refractivity contribution in [1.29, 1.82) is 0 Å². The molecule has 11 heteroatoms. The number of nitrogen functional groups attached to an aromatic ring is 1. The Kier molecular flexibility index (Phi) is 12.1. The minimum atomic E-state index is -0.890. The summed E-state index contributed by atoms with van der Waals surface area (Å²) >= 11 is 0. The standard InChI is InChI=1S/C25H30N6O.C9H11NO2.B/c1-4-21-29-23-24(22-18(28-25(23)26)12-10-15-27-22)31(21)16-9-5-6-14-20(32)17-11-7-8-13-19(17)30(2)3;1-10(2)8-6-4-3-5-7(8)9(11)12;/h7-8,10-13,15H,4-6,9,14,16H2,1-3H3,(H2,26,28);3-6H,1-2H3,(H,11,12);. The molecule has 3 N–H and O–H groups in total. The van der Waals surface area contributed by atoms with E-state index in [1.807, 2.05) is 75.6 Å². The van der Waals surface area contributed by atoms with Crippen LogP contribution in [0.2, 0.25) is 0 Å². The number of aromatic carboxylic acids is 1. The quantitative estimate of drug-likeness (QED) is 0.110. The first-order chi connectivity index (χ1) is 21.1. The third-order valence-electron chi connectivity index (χ3n) is 7.45. The van der Waals surface area contributed by atoms with Crippen LogP contribution in [0.5, 0.6) is 0 Å². The Labute approximate surface area is 266 Å². The molecular formula is C34H41BN7O3. The molecule has 233 valence electrons. The highest BCUT2D eigenvalue weighted by molar-refractivity contribution is 6.04. The van der Waals surface area contributed by atoms with Crippen LogP contribution in [0.1, 0.15) is 59.1 Å². The predicted molar refractivity (Wildman–Crippen MR) is 184 cm³/mol. The van der Waals surface area contributed by atoms with Gasteiger partial charge in [-0.05, 0) is 49.2 Å². The maximum atomic E-state index is 12.7. The van der Waals surface area contributed by atoms with Gasteiger partial charge in [0.25, 0.3) is 0 Å². The number of para-hydroxylation sites is 2. The number of carboxylic acid groups (broad SMARTS) is 1. The summed E-state index contributed by atoms with van der Waals surface area (Å²) in [6, 6.07) is 18.5. The summed E-state index contributed by atoms with van der Waals surface area (Å²) in [4.78, 5) is 41.0. The Bertz CT molecular complexity index is 1770. The molecule has 10 nitrogen and oxygen atoms in total. The zero-order valence-corrected chi connectivity index (χ0v) is 26.7. The predicted octanol–water partition coefficient (Wildman–Crippen LogP) is 5.70. The van der Waals surface area contributed by atoms with Gasteiger partial charge in [0.15, 0.2) is 11.6 Å². The van der Waals surface area contributed by atoms with Crippen molar-refractivity contribution in [2.24, 2.45) is 0 Å². The van der Waals surface area contributed by atoms with E-state index in [-0.39, 0.29) is 14.2 Å². The number of nitrogens with zero attached hydrogens (tertiary/aromatic N) is 6. The van der Waals surface area contributed by atoms with Gasteiger partial charge in [0.1, 0.15) is 22.4 Å². The van der Waals surface area contributed by atoms with Gasteiger partial charge < -0.3 is 25.2 Å². The van der Waals surface area contributed by atoms with Crippen LogP contribution in [0.4, 0.5) is 17.2 Å². The molecule has 5 aromatic rings. The number of fused-ring (bicyclic) bond motifs is 3. The number of pyridine rings is 2. The fourth-order valence-electron chi connectivity index (χ4n) is 5.29. The number of nitrogens with two attached hydrogens (primary N) is 1. The lowest BCUT2D eigenvalue weighted by molar-refractivity contribution is 0.0697. The van der Waals surface area contributed by atoms with Crippen molar-refractivity contribution in [2.45, 2.75) is 45.6 Å². The first-order valence-electron chi connectivity index (χ1n) is 14.8. The molecule has 0 amide bonds. The number of carbonyl (C=O) groups excluding carboxylic acids is 1. The van der Waals surface area contributed by atoms with Crippen LogP contribution < -0.4 is 15.5 Å². The molecule has 0 saturated carbocycles. The number of benzene rings is 2. The van der Waals surface area contributed by atoms with Gasteiger partial charge in [-0.2, -0.15) is 0 Å². The second-order valence-electron chi connectivity index (χ2n) is 11.0. The average Bonchev–Trinajstić information content (AvgIpc) is 3.40. The van der Waals surface area contributed by atoms with E-state index in [4.69, 9.17) is 15.8 Å². The van der Waals surface area contributed by atoms with Gasteiger partial charge >= 0.3 is 5.97 Å². The summed E-state index contributed by atoms with van der Waals surface area (Å²) in [6.45, 7) is 2.91. The van der Waals surface area contributed by atoms with E-state index in [9.17, 15) is 9.59 Å². The van der Waals surface area contributed by atoms with Crippen LogP contribution in [0.25, 0.3) is 22.1 Å². The normalized spacial score (nSPS) is 10.6. The number of imidazole rings is 1. The number of carboxylic acids is 1. The minimum absolute atomic E-state index is 0. The fraction of sp³-hybridized carbons (Fsp3) is 0.324. The van der Waals surface area contributed by atoms with Crippen LogP contribution in [0.3, 0.4) is 0 Å². The Balaban J connectivity index is 0.000000359. The molecule has 3 heterocycles. The Morgan fingerprint density at radius 1 is 0.822 bits per heavy atom. The lowest BCUT2D eigenvalue weighted by atomic mass is 10.0. The van der Waals surface area contributed by atoms with Gasteiger partial charge in [-0.3, -0.25) is 9.78 Å². The molecule has 0 bridgehead atoms. The van der Waals surface area contributed by atoms with E-state index in [0.717, 1.165) is 77.1 Å². The van der Waals surface area contributed by atoms with Crippen molar-refractivity contribution in [2.75, 3.05) is 43.7 Å². The van der Waals surface area contributed by atoms with Crippen LogP contribution in [-0.4, -0.2) is 73.0 Å². The fourth-order valence-corrected chi connectivity index (χ4v) is 5.29. The summed E-state index contributed by atoms with van der Waals surface area (Å²) in [7, 11) is 7.57. The second kappa shape index (κ2) is 15.7. The lowest BCUT2D eigenvalue weighted by Gasteiger charge is -2.16. The van der Waals surface area contributed by atoms with Crippen LogP contribution in [0, 0.1) is 0 Å². The van der Waals surface area contributed by atoms with E-state index in [2.05, 4.69) is 21.5 Å².